The van der Waals surface area contributed by atoms with Crippen LogP contribution in [0.2, 0.25) is 5.02 Å². The first kappa shape index (κ1) is 14.9. The summed E-state index contributed by atoms with van der Waals surface area (Å²) in [6.45, 7) is 3.34. The van der Waals surface area contributed by atoms with Gasteiger partial charge in [0.1, 0.15) is 12.4 Å². The summed E-state index contributed by atoms with van der Waals surface area (Å²) < 4.78 is 5.96. The number of rotatable bonds is 6. The van der Waals surface area contributed by atoms with Gasteiger partial charge in [-0.3, -0.25) is 0 Å². The molecule has 0 amide bonds. The summed E-state index contributed by atoms with van der Waals surface area (Å²) in [5, 5.41) is 0.736. The minimum atomic E-state index is 0.573. The van der Waals surface area contributed by atoms with E-state index in [1.165, 1.54) is 11.1 Å². The number of hydrogen-bond donors (Lipinski definition) is 1. The Morgan fingerprint density at radius 3 is 2.65 bits per heavy atom. The van der Waals surface area contributed by atoms with Crippen LogP contribution in [0.4, 0.5) is 0 Å². The van der Waals surface area contributed by atoms with Gasteiger partial charge < -0.3 is 10.5 Å². The van der Waals surface area contributed by atoms with Gasteiger partial charge >= 0.3 is 0 Å². The molecular formula is C17H20ClNO. The van der Waals surface area contributed by atoms with E-state index in [0.29, 0.717) is 13.2 Å². The van der Waals surface area contributed by atoms with Gasteiger partial charge in [-0.2, -0.15) is 0 Å². The quantitative estimate of drug-likeness (QED) is 0.868. The average molecular weight is 290 g/mol. The molecule has 2 rings (SSSR count). The Hall–Kier alpha value is -1.51. The minimum Gasteiger partial charge on any atom is -0.489 e. The van der Waals surface area contributed by atoms with Crippen molar-refractivity contribution < 1.29 is 4.74 Å². The zero-order valence-corrected chi connectivity index (χ0v) is 12.5. The third-order valence-corrected chi connectivity index (χ3v) is 3.55. The molecule has 0 radical (unpaired) electrons. The lowest BCUT2D eigenvalue weighted by molar-refractivity contribution is 0.302. The van der Waals surface area contributed by atoms with Gasteiger partial charge in [0, 0.05) is 5.02 Å². The fourth-order valence-corrected chi connectivity index (χ4v) is 2.30. The van der Waals surface area contributed by atoms with E-state index < -0.39 is 0 Å². The van der Waals surface area contributed by atoms with E-state index in [1.54, 1.807) is 0 Å². The van der Waals surface area contributed by atoms with Gasteiger partial charge in [0.15, 0.2) is 0 Å². The number of nitrogens with two attached hydrogens (primary N) is 1. The highest BCUT2D eigenvalue weighted by Gasteiger charge is 2.06. The topological polar surface area (TPSA) is 35.2 Å². The van der Waals surface area contributed by atoms with Crippen LogP contribution in [0.3, 0.4) is 0 Å². The Labute approximate surface area is 125 Å². The third kappa shape index (κ3) is 3.99. The maximum Gasteiger partial charge on any atom is 0.123 e. The monoisotopic (exact) mass is 289 g/mol. The summed E-state index contributed by atoms with van der Waals surface area (Å²) >= 11 is 6.05. The van der Waals surface area contributed by atoms with Gasteiger partial charge in [-0.25, -0.2) is 0 Å². The molecule has 2 N–H and O–H groups in total. The van der Waals surface area contributed by atoms with Crippen LogP contribution in [0, 0.1) is 6.92 Å². The van der Waals surface area contributed by atoms with Crippen molar-refractivity contribution in [3.05, 3.63) is 64.2 Å². The zero-order valence-electron chi connectivity index (χ0n) is 11.7. The Morgan fingerprint density at radius 1 is 1.10 bits per heavy atom. The summed E-state index contributed by atoms with van der Waals surface area (Å²) in [5.74, 6) is 0.895. The van der Waals surface area contributed by atoms with Crippen molar-refractivity contribution in [2.75, 3.05) is 6.54 Å². The van der Waals surface area contributed by atoms with Crippen molar-refractivity contribution in [3.63, 3.8) is 0 Å². The molecule has 0 aliphatic heterocycles. The molecule has 2 aromatic carbocycles. The molecule has 0 aliphatic rings. The molecule has 20 heavy (non-hydrogen) atoms. The first-order valence-electron chi connectivity index (χ1n) is 6.86. The number of halogens is 1. The van der Waals surface area contributed by atoms with E-state index in [1.807, 2.05) is 30.3 Å². The highest BCUT2D eigenvalue weighted by Crippen LogP contribution is 2.25. The van der Waals surface area contributed by atoms with E-state index in [0.717, 1.165) is 29.2 Å². The van der Waals surface area contributed by atoms with Gasteiger partial charge in [-0.15, -0.1) is 0 Å². The average Bonchev–Trinajstić information content (AvgIpc) is 2.45. The first-order chi connectivity index (χ1) is 9.70. The SMILES string of the molecule is Cc1ccccc1COc1ccc(Cl)cc1CCCN. The fourth-order valence-electron chi connectivity index (χ4n) is 2.10. The van der Waals surface area contributed by atoms with Gasteiger partial charge in [-0.1, -0.05) is 35.9 Å². The molecule has 3 heteroatoms. The molecule has 0 atom stereocenters. The smallest absolute Gasteiger partial charge is 0.123 e. The largest absolute Gasteiger partial charge is 0.489 e. The maximum absolute atomic E-state index is 6.05. The molecule has 0 bridgehead atoms. The Bertz CT molecular complexity index is 569. The van der Waals surface area contributed by atoms with Crippen molar-refractivity contribution in [3.8, 4) is 5.75 Å². The molecule has 0 saturated heterocycles. The van der Waals surface area contributed by atoms with Crippen LogP contribution in [-0.2, 0) is 13.0 Å². The second-order valence-corrected chi connectivity index (χ2v) is 5.30. The molecule has 2 aromatic rings. The van der Waals surface area contributed by atoms with Crippen molar-refractivity contribution in [1.82, 2.24) is 0 Å². The van der Waals surface area contributed by atoms with E-state index in [2.05, 4.69) is 19.1 Å². The molecular weight excluding hydrogens is 270 g/mol. The van der Waals surface area contributed by atoms with Gasteiger partial charge in [0.25, 0.3) is 0 Å². The molecule has 0 spiro atoms. The van der Waals surface area contributed by atoms with Crippen LogP contribution in [0.25, 0.3) is 0 Å². The molecule has 2 nitrogen and oxygen atoms in total. The molecule has 0 unspecified atom stereocenters. The van der Waals surface area contributed by atoms with Crippen LogP contribution in [0.5, 0.6) is 5.75 Å². The van der Waals surface area contributed by atoms with Gasteiger partial charge in [0.2, 0.25) is 0 Å². The van der Waals surface area contributed by atoms with Crippen molar-refractivity contribution in [1.29, 1.82) is 0 Å². The van der Waals surface area contributed by atoms with Crippen LogP contribution < -0.4 is 10.5 Å². The van der Waals surface area contributed by atoms with Crippen LogP contribution >= 0.6 is 11.6 Å². The second kappa shape index (κ2) is 7.32. The van der Waals surface area contributed by atoms with E-state index in [4.69, 9.17) is 22.1 Å². The molecule has 0 saturated carbocycles. The van der Waals surface area contributed by atoms with Gasteiger partial charge in [-0.05, 0) is 61.2 Å². The second-order valence-electron chi connectivity index (χ2n) is 4.86. The first-order valence-corrected chi connectivity index (χ1v) is 7.24. The van der Waals surface area contributed by atoms with Crippen molar-refractivity contribution >= 4 is 11.6 Å². The lowest BCUT2D eigenvalue weighted by Crippen LogP contribution is -2.03. The van der Waals surface area contributed by atoms with Crippen LogP contribution in [0.1, 0.15) is 23.1 Å². The van der Waals surface area contributed by atoms with Crippen LogP contribution in [0.15, 0.2) is 42.5 Å². The highest BCUT2D eigenvalue weighted by atomic mass is 35.5. The lowest BCUT2D eigenvalue weighted by Gasteiger charge is -2.13. The summed E-state index contributed by atoms with van der Waals surface area (Å²) in [6, 6.07) is 14.0. The Balaban J connectivity index is 2.10. The predicted molar refractivity (Wildman–Crippen MR) is 84.3 cm³/mol. The fraction of sp³-hybridized carbons (Fsp3) is 0.294. The van der Waals surface area contributed by atoms with E-state index in [9.17, 15) is 0 Å². The standard InChI is InChI=1S/C17H20ClNO/c1-13-5-2-3-6-15(13)12-20-17-9-8-16(18)11-14(17)7-4-10-19/h2-3,5-6,8-9,11H,4,7,10,12,19H2,1H3. The van der Waals surface area contributed by atoms with Crippen molar-refractivity contribution in [2.45, 2.75) is 26.4 Å². The Morgan fingerprint density at radius 2 is 1.90 bits per heavy atom. The molecule has 106 valence electrons. The summed E-state index contributed by atoms with van der Waals surface area (Å²) in [4.78, 5) is 0. The summed E-state index contributed by atoms with van der Waals surface area (Å²) in [6.07, 6.45) is 1.82. The number of benzene rings is 2. The molecule has 0 aliphatic carbocycles. The minimum absolute atomic E-state index is 0.573. The molecule has 0 aromatic heterocycles. The summed E-state index contributed by atoms with van der Waals surface area (Å²) in [7, 11) is 0. The van der Waals surface area contributed by atoms with E-state index >= 15 is 0 Å². The molecule has 0 heterocycles. The summed E-state index contributed by atoms with van der Waals surface area (Å²) in [5.41, 5.74) is 9.14. The lowest BCUT2D eigenvalue weighted by atomic mass is 10.1. The normalized spacial score (nSPS) is 10.6. The molecule has 0 fully saturated rings. The van der Waals surface area contributed by atoms with E-state index in [-0.39, 0.29) is 0 Å². The number of ether oxygens (including phenoxy) is 1. The highest BCUT2D eigenvalue weighted by molar-refractivity contribution is 6.30. The van der Waals surface area contributed by atoms with Gasteiger partial charge in [0.05, 0.1) is 0 Å². The van der Waals surface area contributed by atoms with Crippen LogP contribution in [-0.4, -0.2) is 6.54 Å². The predicted octanol–water partition coefficient (Wildman–Crippen LogP) is 4.12. The van der Waals surface area contributed by atoms with Crippen molar-refractivity contribution in [2.24, 2.45) is 5.73 Å². The third-order valence-electron chi connectivity index (χ3n) is 3.32. The maximum atomic E-state index is 6.05. The number of aryl methyl sites for hydroxylation is 2. The zero-order chi connectivity index (χ0) is 14.4. The number of hydrogen-bond acceptors (Lipinski definition) is 2. The Kier molecular flexibility index (Phi) is 5.45.